The quantitative estimate of drug-likeness (QED) is 0.333. The summed E-state index contributed by atoms with van der Waals surface area (Å²) in [5.41, 5.74) is 1.24. The van der Waals surface area contributed by atoms with Gasteiger partial charge in [-0.1, -0.05) is 0 Å². The van der Waals surface area contributed by atoms with E-state index in [1.165, 1.54) is 37.5 Å². The summed E-state index contributed by atoms with van der Waals surface area (Å²) in [6.45, 7) is 9.36. The molecular weight excluding hydrogens is 464 g/mol. The second kappa shape index (κ2) is 11.1. The number of nitrogens with one attached hydrogen (secondary N) is 1. The van der Waals surface area contributed by atoms with Crippen molar-refractivity contribution in [3.63, 3.8) is 0 Å². The molecule has 0 spiro atoms. The summed E-state index contributed by atoms with van der Waals surface area (Å²) in [5.74, 6) is -0.442. The van der Waals surface area contributed by atoms with Crippen LogP contribution in [0.1, 0.15) is 71.9 Å². The molecule has 0 aromatic carbocycles. The lowest BCUT2D eigenvalue weighted by atomic mass is 10.1. The van der Waals surface area contributed by atoms with E-state index >= 15 is 0 Å². The van der Waals surface area contributed by atoms with Gasteiger partial charge >= 0.3 is 0 Å². The van der Waals surface area contributed by atoms with Crippen LogP contribution in [0.2, 0.25) is 0 Å². The van der Waals surface area contributed by atoms with E-state index in [1.54, 1.807) is 6.33 Å². The van der Waals surface area contributed by atoms with Gasteiger partial charge in [-0.05, 0) is 66.2 Å². The Morgan fingerprint density at radius 2 is 1.22 bits per heavy atom. The van der Waals surface area contributed by atoms with E-state index in [0.717, 1.165) is 64.7 Å². The number of anilines is 2. The van der Waals surface area contributed by atoms with Gasteiger partial charge in [0, 0.05) is 26.2 Å². The van der Waals surface area contributed by atoms with E-state index in [-0.39, 0.29) is 0 Å². The molecule has 12 heteroatoms. The molecule has 1 aromatic rings. The highest BCUT2D eigenvalue weighted by atomic mass is 16.3. The lowest BCUT2D eigenvalue weighted by Crippen LogP contribution is -2.73. The molecule has 4 unspecified atom stereocenters. The third kappa shape index (κ3) is 5.02. The van der Waals surface area contributed by atoms with Crippen molar-refractivity contribution < 1.29 is 20.4 Å². The van der Waals surface area contributed by atoms with E-state index in [4.69, 9.17) is 4.99 Å². The number of aliphatic hydroxyl groups is 4. The van der Waals surface area contributed by atoms with E-state index < -0.39 is 30.8 Å². The van der Waals surface area contributed by atoms with Gasteiger partial charge in [0.1, 0.15) is 42.6 Å². The molecule has 3 aliphatic heterocycles. The smallest absolute Gasteiger partial charge is 0.260 e. The SMILES string of the molecule is CC(O)N(C(C)O)C1(N(C(C)O)C(C)O)N=C(N2CCCCC2)c2ncnc(N3CCCCC3)c2N1. The molecule has 3 aliphatic rings. The first kappa shape index (κ1) is 27.0. The van der Waals surface area contributed by atoms with Crippen molar-refractivity contribution in [1.82, 2.24) is 24.7 Å². The number of aromatic nitrogens is 2. The summed E-state index contributed by atoms with van der Waals surface area (Å²) < 4.78 is 0. The van der Waals surface area contributed by atoms with Crippen LogP contribution >= 0.6 is 0 Å². The zero-order valence-electron chi connectivity index (χ0n) is 21.9. The van der Waals surface area contributed by atoms with Gasteiger partial charge in [-0.2, -0.15) is 9.80 Å². The summed E-state index contributed by atoms with van der Waals surface area (Å²) >= 11 is 0. The van der Waals surface area contributed by atoms with Crippen molar-refractivity contribution in [2.24, 2.45) is 4.99 Å². The molecule has 0 amide bonds. The fraction of sp³-hybridized carbons (Fsp3) is 0.792. The molecule has 4 atom stereocenters. The van der Waals surface area contributed by atoms with Gasteiger partial charge in [-0.15, -0.1) is 0 Å². The Bertz CT molecular complexity index is 877. The van der Waals surface area contributed by atoms with E-state index in [2.05, 4.69) is 25.1 Å². The molecule has 1 aromatic heterocycles. The Balaban J connectivity index is 1.98. The largest absolute Gasteiger partial charge is 0.378 e. The fourth-order valence-corrected chi connectivity index (χ4v) is 5.77. The van der Waals surface area contributed by atoms with Crippen molar-refractivity contribution in [3.8, 4) is 0 Å². The lowest BCUT2D eigenvalue weighted by Gasteiger charge is -2.54. The number of fused-ring (bicyclic) bond motifs is 1. The summed E-state index contributed by atoms with van der Waals surface area (Å²) in [6, 6.07) is 0. The van der Waals surface area contributed by atoms with Crippen LogP contribution in [0.15, 0.2) is 11.3 Å². The Labute approximate surface area is 213 Å². The molecule has 12 nitrogen and oxygen atoms in total. The first-order valence-electron chi connectivity index (χ1n) is 13.2. The van der Waals surface area contributed by atoms with Crippen LogP contribution in [0.3, 0.4) is 0 Å². The maximum atomic E-state index is 10.9. The van der Waals surface area contributed by atoms with Crippen LogP contribution < -0.4 is 10.2 Å². The van der Waals surface area contributed by atoms with Crippen LogP contribution in [-0.2, 0) is 0 Å². The number of piperidine rings is 2. The van der Waals surface area contributed by atoms with E-state index in [1.807, 2.05) is 0 Å². The molecule has 36 heavy (non-hydrogen) atoms. The number of amidine groups is 1. The predicted molar refractivity (Wildman–Crippen MR) is 137 cm³/mol. The minimum absolute atomic E-state index is 0.585. The monoisotopic (exact) mass is 506 g/mol. The highest BCUT2D eigenvalue weighted by Gasteiger charge is 2.54. The highest BCUT2D eigenvalue weighted by Crippen LogP contribution is 2.41. The zero-order valence-corrected chi connectivity index (χ0v) is 21.9. The number of aliphatic imine (C=N–C) groups is 1. The Hall–Kier alpha value is -2.09. The van der Waals surface area contributed by atoms with Crippen molar-refractivity contribution in [1.29, 1.82) is 0 Å². The fourth-order valence-electron chi connectivity index (χ4n) is 5.77. The maximum Gasteiger partial charge on any atom is 0.260 e. The lowest BCUT2D eigenvalue weighted by molar-refractivity contribution is -0.242. The van der Waals surface area contributed by atoms with Crippen LogP contribution in [-0.4, -0.2) is 108 Å². The molecule has 0 radical (unpaired) electrons. The average Bonchev–Trinajstić information content (AvgIpc) is 2.83. The van der Waals surface area contributed by atoms with Crippen molar-refractivity contribution >= 4 is 17.3 Å². The number of hydrogen-bond donors (Lipinski definition) is 5. The molecule has 0 bridgehead atoms. The van der Waals surface area contributed by atoms with Gasteiger partial charge in [0.2, 0.25) is 0 Å². The first-order valence-corrected chi connectivity index (χ1v) is 13.2. The van der Waals surface area contributed by atoms with Gasteiger partial charge in [0.25, 0.3) is 5.91 Å². The van der Waals surface area contributed by atoms with Gasteiger partial charge in [0.15, 0.2) is 11.7 Å². The number of aliphatic hydroxyl groups excluding tert-OH is 4. The molecule has 4 rings (SSSR count). The summed E-state index contributed by atoms with van der Waals surface area (Å²) in [5, 5.41) is 46.9. The highest BCUT2D eigenvalue weighted by molar-refractivity contribution is 6.05. The Morgan fingerprint density at radius 3 is 1.69 bits per heavy atom. The molecule has 0 aliphatic carbocycles. The van der Waals surface area contributed by atoms with Crippen LogP contribution in [0, 0.1) is 0 Å². The van der Waals surface area contributed by atoms with Crippen LogP contribution in [0.5, 0.6) is 0 Å². The number of rotatable bonds is 7. The van der Waals surface area contributed by atoms with Crippen molar-refractivity contribution in [3.05, 3.63) is 12.0 Å². The molecule has 0 saturated carbocycles. The molecule has 2 fully saturated rings. The van der Waals surface area contributed by atoms with Gasteiger partial charge in [-0.3, -0.25) is 0 Å². The normalized spacial score (nSPS) is 26.2. The van der Waals surface area contributed by atoms with E-state index in [0.29, 0.717) is 23.0 Å². The third-order valence-electron chi connectivity index (χ3n) is 7.24. The summed E-state index contributed by atoms with van der Waals surface area (Å²) in [6.07, 6.45) is 3.22. The van der Waals surface area contributed by atoms with Gasteiger partial charge < -0.3 is 35.5 Å². The summed E-state index contributed by atoms with van der Waals surface area (Å²) in [7, 11) is 0. The average molecular weight is 507 g/mol. The number of hydrogen-bond acceptors (Lipinski definition) is 12. The van der Waals surface area contributed by atoms with Gasteiger partial charge in [-0.25, -0.2) is 15.0 Å². The maximum absolute atomic E-state index is 10.9. The molecular formula is C24H42N8O4. The molecule has 202 valence electrons. The predicted octanol–water partition coefficient (Wildman–Crippen LogP) is 0.693. The minimum atomic E-state index is -1.74. The Kier molecular flexibility index (Phi) is 8.32. The van der Waals surface area contributed by atoms with Crippen molar-refractivity contribution in [2.75, 3.05) is 36.4 Å². The minimum Gasteiger partial charge on any atom is -0.378 e. The first-order chi connectivity index (χ1) is 17.2. The third-order valence-corrected chi connectivity index (χ3v) is 7.24. The van der Waals surface area contributed by atoms with Gasteiger partial charge in [0.05, 0.1) is 0 Å². The molecule has 5 N–H and O–H groups in total. The Morgan fingerprint density at radius 1 is 0.750 bits per heavy atom. The molecule has 2 saturated heterocycles. The molecule has 4 heterocycles. The van der Waals surface area contributed by atoms with Crippen molar-refractivity contribution in [2.45, 2.75) is 97.0 Å². The second-order valence-electron chi connectivity index (χ2n) is 10.1. The number of nitrogens with zero attached hydrogens (tertiary/aromatic N) is 7. The standard InChI is InChI=1S/C24H42N8O4/c1-16(33)31(17(2)34)24(32(18(3)35)19(4)36)27-21-20(23(28-24)30-13-9-6-10-14-30)25-15-26-22(21)29-11-7-5-8-12-29/h15-19,27,33-36H,5-14H2,1-4H3. The zero-order chi connectivity index (χ0) is 26.0. The second-order valence-corrected chi connectivity index (χ2v) is 10.1. The summed E-state index contributed by atoms with van der Waals surface area (Å²) in [4.78, 5) is 21.4. The topological polar surface area (TPSA) is 144 Å². The number of likely N-dealkylation sites (tertiary alicyclic amines) is 1. The van der Waals surface area contributed by atoms with Crippen LogP contribution in [0.25, 0.3) is 0 Å². The van der Waals surface area contributed by atoms with E-state index in [9.17, 15) is 20.4 Å². The van der Waals surface area contributed by atoms with Crippen LogP contribution in [0.4, 0.5) is 11.5 Å².